The number of carboxylic acids is 1. The first-order valence-electron chi connectivity index (χ1n) is 7.57. The number of aliphatic carboxylic acids is 1. The van der Waals surface area contributed by atoms with Crippen LogP contribution in [-0.4, -0.2) is 23.3 Å². The van der Waals surface area contributed by atoms with Crippen LogP contribution in [-0.2, 0) is 21.7 Å². The molecule has 5 nitrogen and oxygen atoms in total. The molecular weight excluding hydrogens is 351 g/mol. The minimum Gasteiger partial charge on any atom is -0.481 e. The lowest BCUT2D eigenvalue weighted by atomic mass is 9.86. The van der Waals surface area contributed by atoms with Crippen molar-refractivity contribution in [1.29, 1.82) is 0 Å². The Labute approximate surface area is 147 Å². The third kappa shape index (κ3) is 4.53. The fourth-order valence-corrected chi connectivity index (χ4v) is 2.44. The van der Waals surface area contributed by atoms with E-state index in [1.165, 1.54) is 18.2 Å². The number of halogens is 3. The Balaban J connectivity index is 2.28. The fourth-order valence-electron chi connectivity index (χ4n) is 2.44. The van der Waals surface area contributed by atoms with Crippen molar-refractivity contribution in [3.63, 3.8) is 0 Å². The van der Waals surface area contributed by atoms with Crippen LogP contribution in [0.1, 0.15) is 17.5 Å². The van der Waals surface area contributed by atoms with Crippen molar-refractivity contribution in [1.82, 2.24) is 5.32 Å². The van der Waals surface area contributed by atoms with Gasteiger partial charge in [0.05, 0.1) is 6.42 Å². The second-order valence-corrected chi connectivity index (χ2v) is 5.53. The molecule has 1 unspecified atom stereocenters. The fraction of sp³-hybridized carbons (Fsp3) is 0.222. The number of carbonyl (C=O) groups is 2. The molecule has 2 aromatic carbocycles. The summed E-state index contributed by atoms with van der Waals surface area (Å²) in [4.78, 5) is 23.1. The molecule has 1 atom stereocenters. The number of carbonyl (C=O) groups excluding carboxylic acids is 1. The number of ether oxygens (including phenoxy) is 1. The largest absolute Gasteiger partial charge is 0.481 e. The van der Waals surface area contributed by atoms with Crippen molar-refractivity contribution in [2.45, 2.75) is 24.7 Å². The molecule has 0 heterocycles. The first-order chi connectivity index (χ1) is 12.2. The second kappa shape index (κ2) is 7.90. The number of carboxylic acid groups (broad SMARTS) is 1. The van der Waals surface area contributed by atoms with E-state index in [0.717, 1.165) is 12.1 Å². The van der Waals surface area contributed by atoms with Gasteiger partial charge in [0, 0.05) is 0 Å². The highest BCUT2D eigenvalue weighted by molar-refractivity contribution is 5.74. The zero-order valence-electron chi connectivity index (χ0n) is 13.5. The number of benzene rings is 2. The van der Waals surface area contributed by atoms with Crippen LogP contribution in [0, 0.1) is 0 Å². The van der Waals surface area contributed by atoms with Gasteiger partial charge in [-0.1, -0.05) is 60.7 Å². The molecule has 2 rings (SSSR count). The van der Waals surface area contributed by atoms with Crippen molar-refractivity contribution in [3.8, 4) is 0 Å². The van der Waals surface area contributed by atoms with Crippen LogP contribution in [0.5, 0.6) is 0 Å². The van der Waals surface area contributed by atoms with Gasteiger partial charge in [0.25, 0.3) is 0 Å². The van der Waals surface area contributed by atoms with E-state index in [0.29, 0.717) is 5.56 Å². The number of alkyl carbamates (subject to hydrolysis) is 1. The molecule has 8 heteroatoms. The van der Waals surface area contributed by atoms with E-state index in [2.05, 4.69) is 0 Å². The molecule has 0 spiro atoms. The lowest BCUT2D eigenvalue weighted by molar-refractivity contribution is -0.204. The highest BCUT2D eigenvalue weighted by Gasteiger charge is 2.58. The molecule has 0 saturated carbocycles. The summed E-state index contributed by atoms with van der Waals surface area (Å²) in [5, 5.41) is 10.7. The molecule has 2 N–H and O–H groups in total. The molecule has 0 aliphatic carbocycles. The first-order valence-corrected chi connectivity index (χ1v) is 7.57. The van der Waals surface area contributed by atoms with Gasteiger partial charge in [-0.25, -0.2) is 4.79 Å². The topological polar surface area (TPSA) is 75.6 Å². The molecule has 0 saturated heterocycles. The van der Waals surface area contributed by atoms with Gasteiger partial charge in [-0.3, -0.25) is 4.79 Å². The van der Waals surface area contributed by atoms with E-state index in [-0.39, 0.29) is 6.61 Å². The predicted octanol–water partition coefficient (Wildman–Crippen LogP) is 3.85. The zero-order chi connectivity index (χ0) is 19.2. The number of hydrogen-bond donors (Lipinski definition) is 2. The molecule has 0 aromatic heterocycles. The Morgan fingerprint density at radius 1 is 0.962 bits per heavy atom. The molecule has 2 aromatic rings. The van der Waals surface area contributed by atoms with Crippen molar-refractivity contribution >= 4 is 12.1 Å². The van der Waals surface area contributed by atoms with E-state index in [4.69, 9.17) is 9.84 Å². The van der Waals surface area contributed by atoms with Crippen LogP contribution in [0.15, 0.2) is 60.7 Å². The molecular formula is C18H16F3NO4. The average molecular weight is 367 g/mol. The summed E-state index contributed by atoms with van der Waals surface area (Å²) in [6, 6.07) is 14.7. The predicted molar refractivity (Wildman–Crippen MR) is 86.2 cm³/mol. The van der Waals surface area contributed by atoms with Crippen molar-refractivity contribution in [3.05, 3.63) is 71.8 Å². The van der Waals surface area contributed by atoms with Gasteiger partial charge < -0.3 is 15.2 Å². The lowest BCUT2D eigenvalue weighted by Crippen LogP contribution is -2.57. The number of hydrogen-bond acceptors (Lipinski definition) is 3. The third-order valence-corrected chi connectivity index (χ3v) is 3.70. The first kappa shape index (κ1) is 19.3. The van der Waals surface area contributed by atoms with Crippen LogP contribution < -0.4 is 5.32 Å². The summed E-state index contributed by atoms with van der Waals surface area (Å²) in [7, 11) is 0. The van der Waals surface area contributed by atoms with Gasteiger partial charge in [-0.05, 0) is 11.1 Å². The molecule has 0 bridgehead atoms. The summed E-state index contributed by atoms with van der Waals surface area (Å²) >= 11 is 0. The van der Waals surface area contributed by atoms with Gasteiger partial charge in [0.2, 0.25) is 0 Å². The Kier molecular flexibility index (Phi) is 5.86. The molecule has 0 aliphatic rings. The van der Waals surface area contributed by atoms with Gasteiger partial charge in [0.15, 0.2) is 5.54 Å². The summed E-state index contributed by atoms with van der Waals surface area (Å²) in [6.45, 7) is -0.248. The SMILES string of the molecule is O=C(O)CC(NC(=O)OCc1ccccc1)(c1ccccc1)C(F)(F)F. The highest BCUT2D eigenvalue weighted by Crippen LogP contribution is 2.41. The monoisotopic (exact) mass is 367 g/mol. The smallest absolute Gasteiger partial charge is 0.416 e. The van der Waals surface area contributed by atoms with Gasteiger partial charge in [-0.15, -0.1) is 0 Å². The third-order valence-electron chi connectivity index (χ3n) is 3.70. The molecule has 0 radical (unpaired) electrons. The summed E-state index contributed by atoms with van der Waals surface area (Å²) in [6.07, 6.45) is -7.80. The molecule has 138 valence electrons. The Hall–Kier alpha value is -3.03. The van der Waals surface area contributed by atoms with Crippen LogP contribution in [0.2, 0.25) is 0 Å². The zero-order valence-corrected chi connectivity index (χ0v) is 13.5. The van der Waals surface area contributed by atoms with Crippen molar-refractivity contribution in [2.75, 3.05) is 0 Å². The molecule has 0 fully saturated rings. The summed E-state index contributed by atoms with van der Waals surface area (Å²) in [5.74, 6) is -1.71. The minimum absolute atomic E-state index is 0.248. The van der Waals surface area contributed by atoms with E-state index in [1.54, 1.807) is 35.6 Å². The Morgan fingerprint density at radius 2 is 1.50 bits per heavy atom. The lowest BCUT2D eigenvalue weighted by Gasteiger charge is -2.35. The standard InChI is InChI=1S/C18H16F3NO4/c19-18(20,21)17(11-15(23)24,14-9-5-2-6-10-14)22-16(25)26-12-13-7-3-1-4-8-13/h1-10H,11-12H2,(H,22,25)(H,23,24). The molecule has 0 aliphatic heterocycles. The normalized spacial score (nSPS) is 13.5. The number of nitrogens with one attached hydrogen (secondary N) is 1. The van der Waals surface area contributed by atoms with E-state index < -0.39 is 35.8 Å². The van der Waals surface area contributed by atoms with Crippen LogP contribution in [0.3, 0.4) is 0 Å². The van der Waals surface area contributed by atoms with Crippen LogP contribution >= 0.6 is 0 Å². The van der Waals surface area contributed by atoms with E-state index >= 15 is 0 Å². The van der Waals surface area contributed by atoms with Crippen molar-refractivity contribution in [2.24, 2.45) is 0 Å². The number of amides is 1. The van der Waals surface area contributed by atoms with Gasteiger partial charge >= 0.3 is 18.2 Å². The van der Waals surface area contributed by atoms with E-state index in [1.807, 2.05) is 0 Å². The maximum absolute atomic E-state index is 13.8. The summed E-state index contributed by atoms with van der Waals surface area (Å²) in [5.41, 5.74) is -2.92. The quantitative estimate of drug-likeness (QED) is 0.813. The maximum Gasteiger partial charge on any atom is 0.416 e. The number of rotatable bonds is 6. The Morgan fingerprint density at radius 3 is 2.00 bits per heavy atom. The average Bonchev–Trinajstić information content (AvgIpc) is 2.59. The van der Waals surface area contributed by atoms with Crippen LogP contribution in [0.4, 0.5) is 18.0 Å². The van der Waals surface area contributed by atoms with Crippen LogP contribution in [0.25, 0.3) is 0 Å². The minimum atomic E-state index is -5.06. The second-order valence-electron chi connectivity index (χ2n) is 5.53. The maximum atomic E-state index is 13.8. The highest BCUT2D eigenvalue weighted by atomic mass is 19.4. The molecule has 26 heavy (non-hydrogen) atoms. The van der Waals surface area contributed by atoms with E-state index in [9.17, 15) is 22.8 Å². The van der Waals surface area contributed by atoms with Crippen molar-refractivity contribution < 1.29 is 32.6 Å². The summed E-state index contributed by atoms with van der Waals surface area (Å²) < 4.78 is 46.3. The Bertz CT molecular complexity index is 750. The van der Waals surface area contributed by atoms with Gasteiger partial charge in [-0.2, -0.15) is 13.2 Å². The van der Waals surface area contributed by atoms with Gasteiger partial charge in [0.1, 0.15) is 6.61 Å². The molecule has 1 amide bonds. The number of alkyl halides is 3.